The molecule has 178 valence electrons. The molecule has 1 aromatic carbocycles. The number of ether oxygens (including phenoxy) is 2. The number of nitrogens with zero attached hydrogens (tertiary/aromatic N) is 3. The fourth-order valence-electron chi connectivity index (χ4n) is 4.84. The number of morpholine rings is 1. The van der Waals surface area contributed by atoms with Crippen molar-refractivity contribution < 1.29 is 14.3 Å². The predicted octanol–water partition coefficient (Wildman–Crippen LogP) is 4.26. The molecule has 2 saturated heterocycles. The van der Waals surface area contributed by atoms with Gasteiger partial charge in [0.1, 0.15) is 5.75 Å². The predicted molar refractivity (Wildman–Crippen MR) is 130 cm³/mol. The maximum Gasteiger partial charge on any atom is 0.223 e. The van der Waals surface area contributed by atoms with E-state index in [9.17, 15) is 4.79 Å². The average molecular weight is 472 g/mol. The lowest BCUT2D eigenvalue weighted by Gasteiger charge is -2.43. The summed E-state index contributed by atoms with van der Waals surface area (Å²) in [6.07, 6.45) is 4.34. The van der Waals surface area contributed by atoms with Crippen LogP contribution in [0.5, 0.6) is 5.75 Å². The van der Waals surface area contributed by atoms with Gasteiger partial charge in [-0.15, -0.1) is 0 Å². The third-order valence-corrected chi connectivity index (χ3v) is 7.22. The molecule has 0 spiro atoms. The minimum atomic E-state index is -0.246. The van der Waals surface area contributed by atoms with E-state index in [0.29, 0.717) is 39.3 Å². The summed E-state index contributed by atoms with van der Waals surface area (Å²) in [5, 5.41) is 0.731. The summed E-state index contributed by atoms with van der Waals surface area (Å²) in [6.45, 7) is 9.76. The first-order valence-electron chi connectivity index (χ1n) is 11.8. The highest BCUT2D eigenvalue weighted by Crippen LogP contribution is 2.36. The summed E-state index contributed by atoms with van der Waals surface area (Å²) in [5.74, 6) is 0.998. The Kier molecular flexibility index (Phi) is 7.89. The number of piperidine rings is 1. The van der Waals surface area contributed by atoms with E-state index >= 15 is 0 Å². The lowest BCUT2D eigenvalue weighted by molar-refractivity contribution is -0.139. The first-order chi connectivity index (χ1) is 15.9. The molecule has 0 aliphatic carbocycles. The molecule has 1 atom stereocenters. The highest BCUT2D eigenvalue weighted by molar-refractivity contribution is 6.31. The van der Waals surface area contributed by atoms with Gasteiger partial charge in [0.2, 0.25) is 5.91 Å². The molecule has 3 heterocycles. The van der Waals surface area contributed by atoms with Gasteiger partial charge in [0.05, 0.1) is 25.5 Å². The maximum atomic E-state index is 13.3. The smallest absolute Gasteiger partial charge is 0.223 e. The molecule has 1 aromatic heterocycles. The van der Waals surface area contributed by atoms with Gasteiger partial charge in [-0.25, -0.2) is 0 Å². The Morgan fingerprint density at radius 2 is 2.00 bits per heavy atom. The van der Waals surface area contributed by atoms with E-state index in [0.717, 1.165) is 54.5 Å². The first kappa shape index (κ1) is 24.0. The van der Waals surface area contributed by atoms with Gasteiger partial charge in [0.25, 0.3) is 0 Å². The van der Waals surface area contributed by atoms with Crippen LogP contribution < -0.4 is 4.74 Å². The lowest BCUT2D eigenvalue weighted by Crippen LogP contribution is -2.50. The normalized spacial score (nSPS) is 21.7. The summed E-state index contributed by atoms with van der Waals surface area (Å²) >= 11 is 6.19. The van der Waals surface area contributed by atoms with Gasteiger partial charge in [-0.05, 0) is 68.6 Å². The highest BCUT2D eigenvalue weighted by Gasteiger charge is 2.40. The summed E-state index contributed by atoms with van der Waals surface area (Å²) < 4.78 is 11.7. The van der Waals surface area contributed by atoms with E-state index in [2.05, 4.69) is 22.9 Å². The summed E-state index contributed by atoms with van der Waals surface area (Å²) in [4.78, 5) is 22.2. The molecule has 6 nitrogen and oxygen atoms in total. The second-order valence-electron chi connectivity index (χ2n) is 9.45. The number of amides is 1. The summed E-state index contributed by atoms with van der Waals surface area (Å²) in [5.41, 5.74) is 3.04. The Morgan fingerprint density at radius 3 is 2.76 bits per heavy atom. The van der Waals surface area contributed by atoms with Gasteiger partial charge >= 0.3 is 0 Å². The monoisotopic (exact) mass is 471 g/mol. The van der Waals surface area contributed by atoms with E-state index < -0.39 is 0 Å². The number of aromatic nitrogens is 1. The van der Waals surface area contributed by atoms with Crippen LogP contribution in [0.2, 0.25) is 5.02 Å². The van der Waals surface area contributed by atoms with Gasteiger partial charge in [-0.1, -0.05) is 17.7 Å². The van der Waals surface area contributed by atoms with Crippen LogP contribution >= 0.6 is 11.6 Å². The molecule has 2 fully saturated rings. The zero-order chi connectivity index (χ0) is 23.3. The summed E-state index contributed by atoms with van der Waals surface area (Å²) in [7, 11) is 0. The Hall–Kier alpha value is -2.15. The van der Waals surface area contributed by atoms with Crippen molar-refractivity contribution in [2.45, 2.75) is 39.7 Å². The molecule has 33 heavy (non-hydrogen) atoms. The van der Waals surface area contributed by atoms with E-state index in [-0.39, 0.29) is 11.3 Å². The van der Waals surface area contributed by atoms with E-state index in [1.54, 1.807) is 0 Å². The number of hydrogen-bond donors (Lipinski definition) is 0. The molecular weight excluding hydrogens is 438 g/mol. The number of aryl methyl sites for hydroxylation is 2. The van der Waals surface area contributed by atoms with Crippen molar-refractivity contribution in [2.24, 2.45) is 5.41 Å². The van der Waals surface area contributed by atoms with E-state index in [4.69, 9.17) is 21.1 Å². The van der Waals surface area contributed by atoms with Crippen LogP contribution in [0, 0.1) is 19.3 Å². The van der Waals surface area contributed by atoms with Crippen LogP contribution in [-0.2, 0) is 16.1 Å². The highest BCUT2D eigenvalue weighted by atomic mass is 35.5. The number of hydrogen-bond acceptors (Lipinski definition) is 5. The SMILES string of the molecule is Cc1cc(OC[C@]2(CC(=O)N3CCOCC3)CCCN(Cc3ncccc3C)C2)ccc1Cl. The van der Waals surface area contributed by atoms with Crippen LogP contribution in [0.1, 0.15) is 36.1 Å². The molecule has 0 N–H and O–H groups in total. The fraction of sp³-hybridized carbons (Fsp3) is 0.538. The second-order valence-corrected chi connectivity index (χ2v) is 9.86. The molecule has 7 heteroatoms. The molecule has 2 aliphatic heterocycles. The number of rotatable bonds is 7. The standard InChI is InChI=1S/C26H34ClN3O3/c1-20-5-3-9-28-24(20)17-29-10-4-8-26(18-29,16-25(31)30-11-13-32-14-12-30)19-33-22-6-7-23(27)21(2)15-22/h3,5-7,9,15H,4,8,10-14,16-19H2,1-2H3/t26-/m0/s1. The number of pyridine rings is 1. The molecule has 0 bridgehead atoms. The van der Waals surface area contributed by atoms with Crippen molar-refractivity contribution in [3.63, 3.8) is 0 Å². The molecule has 1 amide bonds. The second kappa shape index (κ2) is 10.9. The lowest BCUT2D eigenvalue weighted by atomic mass is 9.77. The number of benzene rings is 1. The van der Waals surface area contributed by atoms with E-state index in [1.165, 1.54) is 5.56 Å². The zero-order valence-electron chi connectivity index (χ0n) is 19.7. The van der Waals surface area contributed by atoms with Crippen molar-refractivity contribution in [1.29, 1.82) is 0 Å². The third kappa shape index (κ3) is 6.25. The van der Waals surface area contributed by atoms with Crippen molar-refractivity contribution in [2.75, 3.05) is 46.0 Å². The zero-order valence-corrected chi connectivity index (χ0v) is 20.4. The topological polar surface area (TPSA) is 54.9 Å². The molecule has 0 unspecified atom stereocenters. The Morgan fingerprint density at radius 1 is 1.18 bits per heavy atom. The quantitative estimate of drug-likeness (QED) is 0.603. The van der Waals surface area contributed by atoms with Gasteiger partial charge in [-0.2, -0.15) is 0 Å². The number of halogens is 1. The first-order valence-corrected chi connectivity index (χ1v) is 12.2. The molecule has 4 rings (SSSR count). The van der Waals surface area contributed by atoms with Crippen LogP contribution in [0.4, 0.5) is 0 Å². The van der Waals surface area contributed by atoms with Crippen LogP contribution in [0.3, 0.4) is 0 Å². The number of carbonyl (C=O) groups excluding carboxylic acids is 1. The Balaban J connectivity index is 1.51. The van der Waals surface area contributed by atoms with Gasteiger partial charge in [0.15, 0.2) is 0 Å². The maximum absolute atomic E-state index is 13.3. The Bertz CT molecular complexity index is 964. The van der Waals surface area contributed by atoms with Crippen LogP contribution in [0.15, 0.2) is 36.5 Å². The minimum absolute atomic E-state index is 0.199. The van der Waals surface area contributed by atoms with Crippen molar-refractivity contribution in [3.8, 4) is 5.75 Å². The Labute approximate surface area is 201 Å². The third-order valence-electron chi connectivity index (χ3n) is 6.80. The molecule has 2 aromatic rings. The van der Waals surface area contributed by atoms with Crippen molar-refractivity contribution >= 4 is 17.5 Å². The van der Waals surface area contributed by atoms with Crippen molar-refractivity contribution in [3.05, 3.63) is 58.4 Å². The largest absolute Gasteiger partial charge is 0.493 e. The van der Waals surface area contributed by atoms with Gasteiger partial charge in [0, 0.05) is 49.2 Å². The summed E-state index contributed by atoms with van der Waals surface area (Å²) in [6, 6.07) is 9.83. The molecule has 2 aliphatic rings. The molecule has 0 saturated carbocycles. The van der Waals surface area contributed by atoms with Gasteiger partial charge < -0.3 is 14.4 Å². The fourth-order valence-corrected chi connectivity index (χ4v) is 4.96. The molecule has 0 radical (unpaired) electrons. The average Bonchev–Trinajstić information content (AvgIpc) is 2.82. The number of carbonyl (C=O) groups is 1. The molecular formula is C26H34ClN3O3. The van der Waals surface area contributed by atoms with Gasteiger partial charge in [-0.3, -0.25) is 14.7 Å². The van der Waals surface area contributed by atoms with Crippen molar-refractivity contribution in [1.82, 2.24) is 14.8 Å². The number of likely N-dealkylation sites (tertiary alicyclic amines) is 1. The van der Waals surface area contributed by atoms with E-state index in [1.807, 2.05) is 42.3 Å². The van der Waals surface area contributed by atoms with Crippen LogP contribution in [-0.4, -0.2) is 66.7 Å². The van der Waals surface area contributed by atoms with Crippen LogP contribution in [0.25, 0.3) is 0 Å². The minimum Gasteiger partial charge on any atom is -0.493 e.